The average molecular weight is 251 g/mol. The molecule has 0 aliphatic heterocycles. The lowest BCUT2D eigenvalue weighted by atomic mass is 9.97. The molecule has 0 unspecified atom stereocenters. The third-order valence-electron chi connectivity index (χ3n) is 2.30. The first-order valence-electron chi connectivity index (χ1n) is 5.53. The number of nitrogens with zero attached hydrogens (tertiary/aromatic N) is 1. The van der Waals surface area contributed by atoms with Crippen molar-refractivity contribution in [2.45, 2.75) is 20.8 Å². The molecule has 0 aromatic heterocycles. The predicted octanol–water partition coefficient (Wildman–Crippen LogP) is 1.95. The standard InChI is InChI=1S/C12H17N3O3/c1-12(2,3)7-14-11(16)8-5-4-6-9(10(8)13)15(17)18/h4-6H,7,13H2,1-3H3,(H,14,16). The van der Waals surface area contributed by atoms with Crippen LogP contribution < -0.4 is 11.1 Å². The largest absolute Gasteiger partial charge is 0.393 e. The molecule has 18 heavy (non-hydrogen) atoms. The molecule has 0 saturated carbocycles. The molecule has 0 bridgehead atoms. The van der Waals surface area contributed by atoms with Crippen molar-refractivity contribution in [2.75, 3.05) is 12.3 Å². The Morgan fingerprint density at radius 1 is 1.44 bits per heavy atom. The van der Waals surface area contributed by atoms with Crippen molar-refractivity contribution < 1.29 is 9.72 Å². The number of amides is 1. The van der Waals surface area contributed by atoms with Gasteiger partial charge in [-0.2, -0.15) is 0 Å². The number of benzene rings is 1. The summed E-state index contributed by atoms with van der Waals surface area (Å²) in [6.07, 6.45) is 0. The van der Waals surface area contributed by atoms with E-state index >= 15 is 0 Å². The molecular formula is C12H17N3O3. The van der Waals surface area contributed by atoms with Gasteiger partial charge in [0.05, 0.1) is 10.5 Å². The molecular weight excluding hydrogens is 234 g/mol. The minimum atomic E-state index is -0.601. The highest BCUT2D eigenvalue weighted by molar-refractivity contribution is 6.00. The van der Waals surface area contributed by atoms with Crippen LogP contribution in [-0.4, -0.2) is 17.4 Å². The number of nitrogens with one attached hydrogen (secondary N) is 1. The van der Waals surface area contributed by atoms with Crippen LogP contribution in [0.2, 0.25) is 0 Å². The van der Waals surface area contributed by atoms with Gasteiger partial charge < -0.3 is 11.1 Å². The van der Waals surface area contributed by atoms with Crippen LogP contribution in [0.25, 0.3) is 0 Å². The summed E-state index contributed by atoms with van der Waals surface area (Å²) in [5.74, 6) is -0.397. The van der Waals surface area contributed by atoms with E-state index in [1.807, 2.05) is 20.8 Å². The van der Waals surface area contributed by atoms with E-state index < -0.39 is 10.8 Å². The first-order valence-corrected chi connectivity index (χ1v) is 5.53. The fourth-order valence-electron chi connectivity index (χ4n) is 1.35. The quantitative estimate of drug-likeness (QED) is 0.487. The van der Waals surface area contributed by atoms with Crippen molar-refractivity contribution >= 4 is 17.3 Å². The van der Waals surface area contributed by atoms with Crippen LogP contribution in [0.1, 0.15) is 31.1 Å². The Balaban J connectivity index is 2.93. The third-order valence-corrected chi connectivity index (χ3v) is 2.30. The highest BCUT2D eigenvalue weighted by Crippen LogP contribution is 2.24. The molecule has 6 nitrogen and oxygen atoms in total. The second kappa shape index (κ2) is 5.03. The SMILES string of the molecule is CC(C)(C)CNC(=O)c1cccc([N+](=O)[O-])c1N. The number of anilines is 1. The van der Waals surface area contributed by atoms with Crippen LogP contribution in [0.3, 0.4) is 0 Å². The Bertz CT molecular complexity index is 478. The third kappa shape index (κ3) is 3.44. The summed E-state index contributed by atoms with van der Waals surface area (Å²) in [7, 11) is 0. The van der Waals surface area contributed by atoms with Crippen LogP contribution in [0.15, 0.2) is 18.2 Å². The van der Waals surface area contributed by atoms with Crippen LogP contribution >= 0.6 is 0 Å². The number of carbonyl (C=O) groups excluding carboxylic acids is 1. The van der Waals surface area contributed by atoms with E-state index in [0.29, 0.717) is 6.54 Å². The second-order valence-corrected chi connectivity index (χ2v) is 5.24. The Hall–Kier alpha value is -2.11. The van der Waals surface area contributed by atoms with Gasteiger partial charge in [0.1, 0.15) is 5.69 Å². The molecule has 1 aromatic carbocycles. The number of nitro benzene ring substituents is 1. The fraction of sp³-hybridized carbons (Fsp3) is 0.417. The summed E-state index contributed by atoms with van der Waals surface area (Å²) in [6.45, 7) is 6.40. The van der Waals surface area contributed by atoms with Gasteiger partial charge in [0.25, 0.3) is 11.6 Å². The monoisotopic (exact) mass is 251 g/mol. The van der Waals surface area contributed by atoms with Crippen molar-refractivity contribution in [1.29, 1.82) is 0 Å². The van der Waals surface area contributed by atoms with E-state index in [9.17, 15) is 14.9 Å². The zero-order valence-electron chi connectivity index (χ0n) is 10.7. The summed E-state index contributed by atoms with van der Waals surface area (Å²) in [5, 5.41) is 13.4. The maximum Gasteiger partial charge on any atom is 0.292 e. The minimum Gasteiger partial charge on any atom is -0.393 e. The van der Waals surface area contributed by atoms with Gasteiger partial charge >= 0.3 is 0 Å². The van der Waals surface area contributed by atoms with E-state index in [1.165, 1.54) is 18.2 Å². The average Bonchev–Trinajstić information content (AvgIpc) is 2.24. The van der Waals surface area contributed by atoms with Crippen LogP contribution in [-0.2, 0) is 0 Å². The van der Waals surface area contributed by atoms with Gasteiger partial charge in [0.2, 0.25) is 0 Å². The lowest BCUT2D eigenvalue weighted by Gasteiger charge is -2.19. The number of hydrogen-bond acceptors (Lipinski definition) is 4. The van der Waals surface area contributed by atoms with Gasteiger partial charge in [0.15, 0.2) is 0 Å². The molecule has 0 aliphatic carbocycles. The summed E-state index contributed by atoms with van der Waals surface area (Å²) in [4.78, 5) is 22.0. The van der Waals surface area contributed by atoms with Gasteiger partial charge in [-0.25, -0.2) is 0 Å². The number of para-hydroxylation sites is 1. The van der Waals surface area contributed by atoms with E-state index in [2.05, 4.69) is 5.32 Å². The van der Waals surface area contributed by atoms with Gasteiger partial charge in [-0.1, -0.05) is 26.8 Å². The summed E-state index contributed by atoms with van der Waals surface area (Å²) in [5.41, 5.74) is 5.34. The van der Waals surface area contributed by atoms with Gasteiger partial charge in [-0.3, -0.25) is 14.9 Å². The zero-order chi connectivity index (χ0) is 13.9. The summed E-state index contributed by atoms with van der Waals surface area (Å²) in [6, 6.07) is 4.19. The number of nitrogens with two attached hydrogens (primary N) is 1. The zero-order valence-corrected chi connectivity index (χ0v) is 10.7. The number of rotatable bonds is 3. The fourth-order valence-corrected chi connectivity index (χ4v) is 1.35. The van der Waals surface area contributed by atoms with Crippen molar-refractivity contribution in [2.24, 2.45) is 5.41 Å². The molecule has 1 aromatic rings. The predicted molar refractivity (Wildman–Crippen MR) is 69.3 cm³/mol. The minimum absolute atomic E-state index is 0.0643. The highest BCUT2D eigenvalue weighted by atomic mass is 16.6. The van der Waals surface area contributed by atoms with Gasteiger partial charge in [-0.05, 0) is 11.5 Å². The molecule has 0 radical (unpaired) electrons. The number of nitrogen functional groups attached to an aromatic ring is 1. The number of nitro groups is 1. The molecule has 0 saturated heterocycles. The Morgan fingerprint density at radius 3 is 2.56 bits per heavy atom. The molecule has 0 heterocycles. The molecule has 1 rings (SSSR count). The van der Waals surface area contributed by atoms with Crippen molar-refractivity contribution in [3.8, 4) is 0 Å². The van der Waals surface area contributed by atoms with E-state index in [4.69, 9.17) is 5.73 Å². The lowest BCUT2D eigenvalue weighted by Crippen LogP contribution is -2.32. The molecule has 98 valence electrons. The van der Waals surface area contributed by atoms with Gasteiger partial charge in [-0.15, -0.1) is 0 Å². The molecule has 0 spiro atoms. The Morgan fingerprint density at radius 2 is 2.06 bits per heavy atom. The van der Waals surface area contributed by atoms with Crippen molar-refractivity contribution in [3.05, 3.63) is 33.9 Å². The topological polar surface area (TPSA) is 98.3 Å². The molecule has 6 heteroatoms. The normalized spacial score (nSPS) is 11.1. The number of hydrogen-bond donors (Lipinski definition) is 2. The van der Waals surface area contributed by atoms with E-state index in [0.717, 1.165) is 0 Å². The molecule has 0 atom stereocenters. The molecule has 0 aliphatic rings. The van der Waals surface area contributed by atoms with E-state index in [1.54, 1.807) is 0 Å². The first-order chi connectivity index (χ1) is 8.22. The Labute approximate surface area is 105 Å². The maximum atomic E-state index is 11.9. The van der Waals surface area contributed by atoms with E-state index in [-0.39, 0.29) is 22.4 Å². The molecule has 1 amide bonds. The summed E-state index contributed by atoms with van der Waals surface area (Å²) >= 11 is 0. The maximum absolute atomic E-state index is 11.9. The van der Waals surface area contributed by atoms with Crippen molar-refractivity contribution in [3.63, 3.8) is 0 Å². The van der Waals surface area contributed by atoms with Crippen LogP contribution in [0.4, 0.5) is 11.4 Å². The van der Waals surface area contributed by atoms with Crippen LogP contribution in [0, 0.1) is 15.5 Å². The van der Waals surface area contributed by atoms with Crippen molar-refractivity contribution in [1.82, 2.24) is 5.32 Å². The first kappa shape index (κ1) is 14.0. The number of carbonyl (C=O) groups is 1. The second-order valence-electron chi connectivity index (χ2n) is 5.24. The Kier molecular flexibility index (Phi) is 3.90. The smallest absolute Gasteiger partial charge is 0.292 e. The van der Waals surface area contributed by atoms with Crippen LogP contribution in [0.5, 0.6) is 0 Å². The molecule has 3 N–H and O–H groups in total. The highest BCUT2D eigenvalue weighted by Gasteiger charge is 2.20. The molecule has 0 fully saturated rings. The summed E-state index contributed by atoms with van der Waals surface area (Å²) < 4.78 is 0. The lowest BCUT2D eigenvalue weighted by molar-refractivity contribution is -0.383. The van der Waals surface area contributed by atoms with Gasteiger partial charge in [0, 0.05) is 12.6 Å².